The van der Waals surface area contributed by atoms with E-state index in [1.165, 1.54) is 0 Å². The average Bonchev–Trinajstić information content (AvgIpc) is 2.42. The summed E-state index contributed by atoms with van der Waals surface area (Å²) in [5.41, 5.74) is 0.105. The Morgan fingerprint density at radius 1 is 1.33 bits per heavy atom. The fourth-order valence-corrected chi connectivity index (χ4v) is 2.70. The van der Waals surface area contributed by atoms with E-state index in [0.29, 0.717) is 30.8 Å². The van der Waals surface area contributed by atoms with Gasteiger partial charge in [-0.2, -0.15) is 0 Å². The number of carbonyl (C=O) groups is 2. The molecule has 66 valence electrons. The summed E-state index contributed by atoms with van der Waals surface area (Å²) in [6.45, 7) is 1.99. The highest BCUT2D eigenvalue weighted by Gasteiger charge is 2.46. The van der Waals surface area contributed by atoms with E-state index in [1.54, 1.807) is 0 Å². The standard InChI is InChI=1S/C10H14O2/c1-7-4-10(6-9(7)12)3-2-8(11)5-10/h7H,2-6H2,1H3/t7-,10?/m0/s1. The molecule has 0 radical (unpaired) electrons. The molecule has 0 aromatic heterocycles. The van der Waals surface area contributed by atoms with E-state index < -0.39 is 0 Å². The van der Waals surface area contributed by atoms with E-state index in [4.69, 9.17) is 0 Å². The zero-order chi connectivity index (χ0) is 8.77. The maximum atomic E-state index is 11.3. The summed E-state index contributed by atoms with van der Waals surface area (Å²) < 4.78 is 0. The second-order valence-corrected chi connectivity index (χ2v) is 4.46. The molecule has 0 aromatic rings. The topological polar surface area (TPSA) is 34.1 Å². The van der Waals surface area contributed by atoms with E-state index in [1.807, 2.05) is 6.92 Å². The first kappa shape index (κ1) is 7.96. The molecule has 2 aliphatic carbocycles. The SMILES string of the molecule is C[C@H]1CC2(CCC(=O)C2)CC1=O. The van der Waals surface area contributed by atoms with Gasteiger partial charge in [0, 0.05) is 25.2 Å². The lowest BCUT2D eigenvalue weighted by atomic mass is 9.84. The van der Waals surface area contributed by atoms with Gasteiger partial charge in [-0.25, -0.2) is 0 Å². The van der Waals surface area contributed by atoms with Crippen LogP contribution in [0.5, 0.6) is 0 Å². The van der Waals surface area contributed by atoms with Crippen LogP contribution in [0.25, 0.3) is 0 Å². The maximum Gasteiger partial charge on any atom is 0.136 e. The fourth-order valence-electron chi connectivity index (χ4n) is 2.70. The minimum atomic E-state index is 0.105. The molecule has 0 bridgehead atoms. The van der Waals surface area contributed by atoms with Gasteiger partial charge in [0.05, 0.1) is 0 Å². The number of Topliss-reactive ketones (excluding diaryl/α,β-unsaturated/α-hetero) is 2. The molecule has 2 rings (SSSR count). The lowest BCUT2D eigenvalue weighted by Gasteiger charge is -2.19. The Labute approximate surface area is 72.3 Å². The predicted molar refractivity (Wildman–Crippen MR) is 44.7 cm³/mol. The Morgan fingerprint density at radius 2 is 2.08 bits per heavy atom. The summed E-state index contributed by atoms with van der Waals surface area (Å²) in [7, 11) is 0. The summed E-state index contributed by atoms with van der Waals surface area (Å²) >= 11 is 0. The third-order valence-electron chi connectivity index (χ3n) is 3.34. The van der Waals surface area contributed by atoms with Crippen LogP contribution in [0.4, 0.5) is 0 Å². The zero-order valence-corrected chi connectivity index (χ0v) is 7.43. The van der Waals surface area contributed by atoms with E-state index in [-0.39, 0.29) is 11.3 Å². The van der Waals surface area contributed by atoms with Gasteiger partial charge in [-0.05, 0) is 18.3 Å². The molecule has 2 heteroatoms. The van der Waals surface area contributed by atoms with Crippen molar-refractivity contribution >= 4 is 11.6 Å². The predicted octanol–water partition coefficient (Wildman–Crippen LogP) is 1.72. The van der Waals surface area contributed by atoms with Crippen LogP contribution in [-0.2, 0) is 9.59 Å². The summed E-state index contributed by atoms with van der Waals surface area (Å²) in [5, 5.41) is 0. The minimum Gasteiger partial charge on any atom is -0.300 e. The smallest absolute Gasteiger partial charge is 0.136 e. The van der Waals surface area contributed by atoms with Crippen molar-refractivity contribution in [1.82, 2.24) is 0 Å². The molecule has 1 spiro atoms. The van der Waals surface area contributed by atoms with Gasteiger partial charge in [0.1, 0.15) is 11.6 Å². The van der Waals surface area contributed by atoms with Gasteiger partial charge in [-0.15, -0.1) is 0 Å². The minimum absolute atomic E-state index is 0.105. The highest BCUT2D eigenvalue weighted by atomic mass is 16.1. The average molecular weight is 166 g/mol. The Morgan fingerprint density at radius 3 is 2.50 bits per heavy atom. The van der Waals surface area contributed by atoms with Gasteiger partial charge in [0.2, 0.25) is 0 Å². The summed E-state index contributed by atoms with van der Waals surface area (Å²) in [5.74, 6) is 0.928. The van der Waals surface area contributed by atoms with Gasteiger partial charge in [0.25, 0.3) is 0 Å². The van der Waals surface area contributed by atoms with Crippen LogP contribution in [0.3, 0.4) is 0 Å². The maximum absolute atomic E-state index is 11.3. The van der Waals surface area contributed by atoms with E-state index in [0.717, 1.165) is 12.8 Å². The van der Waals surface area contributed by atoms with Crippen LogP contribution in [0, 0.1) is 11.3 Å². The van der Waals surface area contributed by atoms with Crippen molar-refractivity contribution in [1.29, 1.82) is 0 Å². The van der Waals surface area contributed by atoms with Crippen molar-refractivity contribution in [3.05, 3.63) is 0 Å². The normalized spacial score (nSPS) is 41.6. The van der Waals surface area contributed by atoms with Crippen molar-refractivity contribution in [2.75, 3.05) is 0 Å². The molecule has 2 saturated carbocycles. The van der Waals surface area contributed by atoms with Crippen LogP contribution in [0.15, 0.2) is 0 Å². The Kier molecular flexibility index (Phi) is 1.60. The van der Waals surface area contributed by atoms with Crippen molar-refractivity contribution in [3.8, 4) is 0 Å². The van der Waals surface area contributed by atoms with Gasteiger partial charge >= 0.3 is 0 Å². The lowest BCUT2D eigenvalue weighted by Crippen LogP contribution is -2.12. The number of carbonyl (C=O) groups excluding carboxylic acids is 2. The summed E-state index contributed by atoms with van der Waals surface area (Å²) in [4.78, 5) is 22.4. The molecule has 2 atom stereocenters. The first-order valence-electron chi connectivity index (χ1n) is 4.66. The monoisotopic (exact) mass is 166 g/mol. The van der Waals surface area contributed by atoms with Gasteiger partial charge < -0.3 is 0 Å². The molecule has 12 heavy (non-hydrogen) atoms. The molecular formula is C10H14O2. The fraction of sp³-hybridized carbons (Fsp3) is 0.800. The van der Waals surface area contributed by atoms with E-state index >= 15 is 0 Å². The highest BCUT2D eigenvalue weighted by molar-refractivity contribution is 5.88. The number of ketones is 2. The third-order valence-corrected chi connectivity index (χ3v) is 3.34. The first-order chi connectivity index (χ1) is 5.61. The van der Waals surface area contributed by atoms with Crippen LogP contribution >= 0.6 is 0 Å². The molecule has 0 saturated heterocycles. The molecule has 0 aromatic carbocycles. The van der Waals surface area contributed by atoms with Crippen molar-refractivity contribution in [2.45, 2.75) is 39.0 Å². The molecular weight excluding hydrogens is 152 g/mol. The van der Waals surface area contributed by atoms with Crippen LogP contribution in [0.1, 0.15) is 39.0 Å². The van der Waals surface area contributed by atoms with Crippen LogP contribution < -0.4 is 0 Å². The second-order valence-electron chi connectivity index (χ2n) is 4.46. The Hall–Kier alpha value is -0.660. The van der Waals surface area contributed by atoms with Gasteiger partial charge in [0.15, 0.2) is 0 Å². The number of hydrogen-bond acceptors (Lipinski definition) is 2. The molecule has 2 fully saturated rings. The van der Waals surface area contributed by atoms with Gasteiger partial charge in [-0.1, -0.05) is 6.92 Å². The molecule has 0 amide bonds. The second kappa shape index (κ2) is 2.41. The van der Waals surface area contributed by atoms with Crippen molar-refractivity contribution in [3.63, 3.8) is 0 Å². The van der Waals surface area contributed by atoms with E-state index in [9.17, 15) is 9.59 Å². The lowest BCUT2D eigenvalue weighted by molar-refractivity contribution is -0.120. The molecule has 0 N–H and O–H groups in total. The largest absolute Gasteiger partial charge is 0.300 e. The summed E-state index contributed by atoms with van der Waals surface area (Å²) in [6, 6.07) is 0. The Bertz CT molecular complexity index is 244. The Balaban J connectivity index is 2.15. The molecule has 2 aliphatic rings. The van der Waals surface area contributed by atoms with Crippen LogP contribution in [0.2, 0.25) is 0 Å². The van der Waals surface area contributed by atoms with Crippen LogP contribution in [-0.4, -0.2) is 11.6 Å². The van der Waals surface area contributed by atoms with Gasteiger partial charge in [-0.3, -0.25) is 9.59 Å². The molecule has 0 heterocycles. The van der Waals surface area contributed by atoms with E-state index in [2.05, 4.69) is 0 Å². The van der Waals surface area contributed by atoms with Crippen molar-refractivity contribution in [2.24, 2.45) is 11.3 Å². The third kappa shape index (κ3) is 1.10. The quantitative estimate of drug-likeness (QED) is 0.549. The molecule has 2 nitrogen and oxygen atoms in total. The highest BCUT2D eigenvalue weighted by Crippen LogP contribution is 2.49. The number of rotatable bonds is 0. The van der Waals surface area contributed by atoms with Crippen molar-refractivity contribution < 1.29 is 9.59 Å². The number of hydrogen-bond donors (Lipinski definition) is 0. The molecule has 0 aliphatic heterocycles. The first-order valence-corrected chi connectivity index (χ1v) is 4.66. The molecule has 1 unspecified atom stereocenters. The summed E-state index contributed by atoms with van der Waals surface area (Å²) in [6.07, 6.45) is 3.96. The zero-order valence-electron chi connectivity index (χ0n) is 7.43.